The molecular formula is C23H29NO. The lowest BCUT2D eigenvalue weighted by atomic mass is 9.68. The van der Waals surface area contributed by atoms with Gasteiger partial charge in [-0.15, -0.1) is 0 Å². The highest BCUT2D eigenvalue weighted by atomic mass is 16.3. The van der Waals surface area contributed by atoms with Crippen LogP contribution in [0.5, 0.6) is 5.75 Å². The Morgan fingerprint density at radius 2 is 1.92 bits per heavy atom. The standard InChI is InChI=1S/C23H29NO/c1-17-15-24(16-19-13-22(19)18-7-4-3-5-8-18)12-11-23(17,2)20-9-6-10-21(25)14-20/h3-10,14,17,19,22,25H,11-13,15-16H2,1-2H3/t17-,19?,22?,23+/m0/s1. The van der Waals surface area contributed by atoms with Crippen molar-refractivity contribution in [3.8, 4) is 5.75 Å². The minimum atomic E-state index is 0.164. The Bertz CT molecular complexity index is 728. The highest BCUT2D eigenvalue weighted by Gasteiger charge is 2.43. The average Bonchev–Trinajstić information content (AvgIpc) is 3.38. The zero-order valence-electron chi connectivity index (χ0n) is 15.4. The first-order valence-corrected chi connectivity index (χ1v) is 9.63. The summed E-state index contributed by atoms with van der Waals surface area (Å²) in [5.74, 6) is 2.59. The number of nitrogens with zero attached hydrogens (tertiary/aromatic N) is 1. The summed E-state index contributed by atoms with van der Waals surface area (Å²) in [7, 11) is 0. The number of benzene rings is 2. The summed E-state index contributed by atoms with van der Waals surface area (Å²) in [5, 5.41) is 9.85. The highest BCUT2D eigenvalue weighted by molar-refractivity contribution is 5.34. The number of hydrogen-bond acceptors (Lipinski definition) is 2. The number of piperidine rings is 1. The first-order chi connectivity index (χ1) is 12.1. The normalized spacial score (nSPS) is 32.5. The third-order valence-corrected chi connectivity index (χ3v) is 6.72. The van der Waals surface area contributed by atoms with Crippen molar-refractivity contribution in [2.75, 3.05) is 19.6 Å². The molecule has 0 aromatic heterocycles. The van der Waals surface area contributed by atoms with E-state index in [0.29, 0.717) is 11.7 Å². The van der Waals surface area contributed by atoms with Crippen LogP contribution in [0.3, 0.4) is 0 Å². The van der Waals surface area contributed by atoms with Crippen molar-refractivity contribution in [3.05, 3.63) is 65.7 Å². The van der Waals surface area contributed by atoms with E-state index in [1.165, 1.54) is 30.5 Å². The summed E-state index contributed by atoms with van der Waals surface area (Å²) in [6, 6.07) is 18.9. The minimum absolute atomic E-state index is 0.164. The van der Waals surface area contributed by atoms with Gasteiger partial charge in [-0.25, -0.2) is 0 Å². The summed E-state index contributed by atoms with van der Waals surface area (Å²) in [4.78, 5) is 2.67. The van der Waals surface area contributed by atoms with Crippen LogP contribution in [0.15, 0.2) is 54.6 Å². The van der Waals surface area contributed by atoms with Gasteiger partial charge in [0, 0.05) is 13.1 Å². The molecule has 2 fully saturated rings. The summed E-state index contributed by atoms with van der Waals surface area (Å²) in [6.45, 7) is 8.30. The van der Waals surface area contributed by atoms with E-state index in [4.69, 9.17) is 0 Å². The van der Waals surface area contributed by atoms with Crippen LogP contribution in [0.25, 0.3) is 0 Å². The van der Waals surface area contributed by atoms with Gasteiger partial charge in [0.1, 0.15) is 5.75 Å². The van der Waals surface area contributed by atoms with Crippen molar-refractivity contribution in [1.29, 1.82) is 0 Å². The Balaban J connectivity index is 1.38. The predicted octanol–water partition coefficient (Wildman–Crippen LogP) is 4.80. The summed E-state index contributed by atoms with van der Waals surface area (Å²) < 4.78 is 0. The molecule has 0 spiro atoms. The maximum absolute atomic E-state index is 9.85. The second kappa shape index (κ2) is 6.49. The fourth-order valence-corrected chi connectivity index (χ4v) is 4.66. The molecule has 1 heterocycles. The van der Waals surface area contributed by atoms with Crippen LogP contribution >= 0.6 is 0 Å². The van der Waals surface area contributed by atoms with Gasteiger partial charge in [-0.2, -0.15) is 0 Å². The molecule has 25 heavy (non-hydrogen) atoms. The van der Waals surface area contributed by atoms with Gasteiger partial charge in [-0.3, -0.25) is 0 Å². The molecule has 2 unspecified atom stereocenters. The summed E-state index contributed by atoms with van der Waals surface area (Å²) in [5.41, 5.74) is 2.97. The van der Waals surface area contributed by atoms with Crippen LogP contribution in [-0.2, 0) is 5.41 Å². The molecule has 132 valence electrons. The molecule has 0 bridgehead atoms. The molecule has 2 nitrogen and oxygen atoms in total. The van der Waals surface area contributed by atoms with Crippen LogP contribution in [0.4, 0.5) is 0 Å². The van der Waals surface area contributed by atoms with Crippen molar-refractivity contribution < 1.29 is 5.11 Å². The molecule has 2 aliphatic rings. The minimum Gasteiger partial charge on any atom is -0.508 e. The molecule has 2 aromatic rings. The van der Waals surface area contributed by atoms with Crippen LogP contribution < -0.4 is 0 Å². The van der Waals surface area contributed by atoms with Crippen molar-refractivity contribution in [1.82, 2.24) is 4.90 Å². The maximum Gasteiger partial charge on any atom is 0.115 e. The van der Waals surface area contributed by atoms with E-state index in [1.54, 1.807) is 6.07 Å². The second-order valence-corrected chi connectivity index (χ2v) is 8.39. The van der Waals surface area contributed by atoms with E-state index in [0.717, 1.165) is 24.9 Å². The summed E-state index contributed by atoms with van der Waals surface area (Å²) in [6.07, 6.45) is 2.51. The molecule has 4 rings (SSSR count). The number of likely N-dealkylation sites (tertiary alicyclic amines) is 1. The first-order valence-electron chi connectivity index (χ1n) is 9.63. The van der Waals surface area contributed by atoms with Gasteiger partial charge in [0.2, 0.25) is 0 Å². The van der Waals surface area contributed by atoms with E-state index in [1.807, 2.05) is 12.1 Å². The molecule has 1 saturated heterocycles. The lowest BCUT2D eigenvalue weighted by Gasteiger charge is -2.45. The molecule has 4 atom stereocenters. The Morgan fingerprint density at radius 3 is 2.64 bits per heavy atom. The largest absolute Gasteiger partial charge is 0.508 e. The van der Waals surface area contributed by atoms with Gasteiger partial charge in [0.05, 0.1) is 0 Å². The number of phenolic OH excluding ortho intramolecular Hbond substituents is 1. The Hall–Kier alpha value is -1.80. The van der Waals surface area contributed by atoms with Crippen LogP contribution in [0.1, 0.15) is 43.7 Å². The molecule has 0 amide bonds. The van der Waals surface area contributed by atoms with Gasteiger partial charge in [-0.05, 0) is 65.8 Å². The molecule has 1 aliphatic heterocycles. The fraction of sp³-hybridized carbons (Fsp3) is 0.478. The van der Waals surface area contributed by atoms with Gasteiger partial charge in [0.25, 0.3) is 0 Å². The van der Waals surface area contributed by atoms with Crippen LogP contribution in [0, 0.1) is 11.8 Å². The van der Waals surface area contributed by atoms with Gasteiger partial charge in [0.15, 0.2) is 0 Å². The molecule has 1 saturated carbocycles. The molecule has 0 radical (unpaired) electrons. The van der Waals surface area contributed by atoms with Crippen LogP contribution in [-0.4, -0.2) is 29.6 Å². The average molecular weight is 335 g/mol. The second-order valence-electron chi connectivity index (χ2n) is 8.39. The van der Waals surface area contributed by atoms with Crippen molar-refractivity contribution in [3.63, 3.8) is 0 Å². The first kappa shape index (κ1) is 16.7. The topological polar surface area (TPSA) is 23.5 Å². The number of hydrogen-bond donors (Lipinski definition) is 1. The zero-order valence-corrected chi connectivity index (χ0v) is 15.4. The molecule has 2 aromatic carbocycles. The van der Waals surface area contributed by atoms with Crippen molar-refractivity contribution in [2.24, 2.45) is 11.8 Å². The van der Waals surface area contributed by atoms with E-state index in [2.05, 4.69) is 55.1 Å². The molecular weight excluding hydrogens is 306 g/mol. The van der Waals surface area contributed by atoms with E-state index >= 15 is 0 Å². The maximum atomic E-state index is 9.85. The molecule has 2 heteroatoms. The predicted molar refractivity (Wildman–Crippen MR) is 103 cm³/mol. The van der Waals surface area contributed by atoms with E-state index < -0.39 is 0 Å². The Morgan fingerprint density at radius 1 is 1.12 bits per heavy atom. The smallest absolute Gasteiger partial charge is 0.115 e. The summed E-state index contributed by atoms with van der Waals surface area (Å²) >= 11 is 0. The van der Waals surface area contributed by atoms with Crippen molar-refractivity contribution >= 4 is 0 Å². The highest BCUT2D eigenvalue weighted by Crippen LogP contribution is 2.49. The SMILES string of the molecule is C[C@H]1CN(CC2CC2c2ccccc2)CC[C@@]1(C)c1cccc(O)c1. The zero-order chi connectivity index (χ0) is 17.4. The lowest BCUT2D eigenvalue weighted by Crippen LogP contribution is -2.47. The Kier molecular flexibility index (Phi) is 4.33. The number of phenols is 1. The quantitative estimate of drug-likeness (QED) is 0.868. The van der Waals surface area contributed by atoms with E-state index in [9.17, 15) is 5.11 Å². The third kappa shape index (κ3) is 3.32. The van der Waals surface area contributed by atoms with Crippen LogP contribution in [0.2, 0.25) is 0 Å². The third-order valence-electron chi connectivity index (χ3n) is 6.72. The van der Waals surface area contributed by atoms with Crippen molar-refractivity contribution in [2.45, 2.75) is 38.0 Å². The molecule has 1 aliphatic carbocycles. The Labute approximate surface area is 151 Å². The number of rotatable bonds is 4. The van der Waals surface area contributed by atoms with Gasteiger partial charge >= 0.3 is 0 Å². The number of aromatic hydroxyl groups is 1. The van der Waals surface area contributed by atoms with Gasteiger partial charge < -0.3 is 10.0 Å². The molecule has 1 N–H and O–H groups in total. The fourth-order valence-electron chi connectivity index (χ4n) is 4.66. The van der Waals surface area contributed by atoms with Gasteiger partial charge in [-0.1, -0.05) is 56.3 Å². The lowest BCUT2D eigenvalue weighted by molar-refractivity contribution is 0.106. The monoisotopic (exact) mass is 335 g/mol. The van der Waals surface area contributed by atoms with E-state index in [-0.39, 0.29) is 5.41 Å².